The van der Waals surface area contributed by atoms with Crippen LogP contribution in [0.4, 0.5) is 5.69 Å². The summed E-state index contributed by atoms with van der Waals surface area (Å²) < 4.78 is 1.43. The lowest BCUT2D eigenvalue weighted by Gasteiger charge is -2.12. The fraction of sp³-hybridized carbons (Fsp3) is 0.214. The predicted octanol–water partition coefficient (Wildman–Crippen LogP) is 1.99. The Morgan fingerprint density at radius 2 is 2.00 bits per heavy atom. The lowest BCUT2D eigenvalue weighted by atomic mass is 10.0. The molecular weight excluding hydrogens is 258 g/mol. The van der Waals surface area contributed by atoms with Gasteiger partial charge in [0.2, 0.25) is 0 Å². The highest BCUT2D eigenvalue weighted by Gasteiger charge is 2.17. The molecule has 2 rings (SSSR count). The number of rotatable bonds is 3. The van der Waals surface area contributed by atoms with Crippen LogP contribution in [-0.2, 0) is 7.05 Å². The quantitative estimate of drug-likeness (QED) is 0.895. The van der Waals surface area contributed by atoms with E-state index < -0.39 is 5.97 Å². The summed E-state index contributed by atoms with van der Waals surface area (Å²) in [6.07, 6.45) is 1.51. The number of carbonyl (C=O) groups excluding carboxylic acids is 1. The molecule has 1 aromatic heterocycles. The number of carboxylic acids is 1. The second-order valence-electron chi connectivity index (χ2n) is 4.60. The van der Waals surface area contributed by atoms with E-state index >= 15 is 0 Å². The molecule has 0 saturated carbocycles. The van der Waals surface area contributed by atoms with Gasteiger partial charge in [0.15, 0.2) is 0 Å². The van der Waals surface area contributed by atoms with Crippen LogP contribution >= 0.6 is 0 Å². The smallest absolute Gasteiger partial charge is 0.337 e. The van der Waals surface area contributed by atoms with Gasteiger partial charge >= 0.3 is 5.97 Å². The molecule has 20 heavy (non-hydrogen) atoms. The Morgan fingerprint density at radius 1 is 1.30 bits per heavy atom. The van der Waals surface area contributed by atoms with E-state index in [-0.39, 0.29) is 11.5 Å². The number of carbonyl (C=O) groups is 2. The average molecular weight is 273 g/mol. The van der Waals surface area contributed by atoms with E-state index in [1.807, 2.05) is 13.0 Å². The number of aryl methyl sites for hydroxylation is 3. The first kappa shape index (κ1) is 13.8. The Morgan fingerprint density at radius 3 is 2.55 bits per heavy atom. The molecule has 0 bridgehead atoms. The summed E-state index contributed by atoms with van der Waals surface area (Å²) in [5, 5.41) is 15.8. The molecule has 6 nitrogen and oxygen atoms in total. The lowest BCUT2D eigenvalue weighted by Crippen LogP contribution is -2.19. The van der Waals surface area contributed by atoms with Crippen molar-refractivity contribution in [3.8, 4) is 0 Å². The van der Waals surface area contributed by atoms with E-state index in [4.69, 9.17) is 0 Å². The summed E-state index contributed by atoms with van der Waals surface area (Å²) in [6, 6.07) is 4.93. The normalized spacial score (nSPS) is 10.3. The summed E-state index contributed by atoms with van der Waals surface area (Å²) >= 11 is 0. The summed E-state index contributed by atoms with van der Waals surface area (Å²) in [4.78, 5) is 23.4. The first-order valence-corrected chi connectivity index (χ1v) is 6.04. The molecule has 0 aliphatic rings. The second kappa shape index (κ2) is 5.16. The fourth-order valence-corrected chi connectivity index (χ4v) is 2.08. The van der Waals surface area contributed by atoms with E-state index in [9.17, 15) is 14.7 Å². The van der Waals surface area contributed by atoms with E-state index in [0.717, 1.165) is 5.56 Å². The number of anilines is 1. The molecule has 6 heteroatoms. The van der Waals surface area contributed by atoms with Gasteiger partial charge in [0.1, 0.15) is 5.69 Å². The van der Waals surface area contributed by atoms with Gasteiger partial charge in [-0.2, -0.15) is 5.10 Å². The zero-order chi connectivity index (χ0) is 14.9. The molecule has 0 unspecified atom stereocenters. The molecule has 1 heterocycles. The number of hydrogen-bond donors (Lipinski definition) is 2. The van der Waals surface area contributed by atoms with Gasteiger partial charge in [-0.15, -0.1) is 0 Å². The van der Waals surface area contributed by atoms with Crippen molar-refractivity contribution in [2.24, 2.45) is 7.05 Å². The zero-order valence-electron chi connectivity index (χ0n) is 11.5. The third kappa shape index (κ3) is 2.54. The van der Waals surface area contributed by atoms with E-state index in [1.165, 1.54) is 16.9 Å². The third-order valence-corrected chi connectivity index (χ3v) is 3.00. The molecule has 0 radical (unpaired) electrons. The summed E-state index contributed by atoms with van der Waals surface area (Å²) in [6.45, 7) is 3.57. The van der Waals surface area contributed by atoms with Crippen LogP contribution < -0.4 is 5.32 Å². The number of benzene rings is 1. The molecular formula is C14H15N3O3. The van der Waals surface area contributed by atoms with Crippen molar-refractivity contribution < 1.29 is 14.7 Å². The lowest BCUT2D eigenvalue weighted by molar-refractivity contribution is 0.0698. The first-order valence-electron chi connectivity index (χ1n) is 6.04. The molecule has 0 saturated heterocycles. The van der Waals surface area contributed by atoms with Gasteiger partial charge in [-0.25, -0.2) is 4.79 Å². The SMILES string of the molecule is Cc1cc(C)c(NC(=O)c2ccnn2C)c(C(=O)O)c1. The van der Waals surface area contributed by atoms with Crippen LogP contribution in [0, 0.1) is 13.8 Å². The van der Waals surface area contributed by atoms with Crippen LogP contribution in [0.3, 0.4) is 0 Å². The van der Waals surface area contributed by atoms with E-state index in [2.05, 4.69) is 10.4 Å². The largest absolute Gasteiger partial charge is 0.478 e. The number of nitrogens with zero attached hydrogens (tertiary/aromatic N) is 2. The molecule has 0 fully saturated rings. The molecule has 2 aromatic rings. The van der Waals surface area contributed by atoms with Crippen LogP contribution in [0.5, 0.6) is 0 Å². The van der Waals surface area contributed by atoms with E-state index in [0.29, 0.717) is 16.9 Å². The van der Waals surface area contributed by atoms with Crippen LogP contribution in [0.15, 0.2) is 24.4 Å². The monoisotopic (exact) mass is 273 g/mol. The van der Waals surface area contributed by atoms with Crippen molar-refractivity contribution in [1.29, 1.82) is 0 Å². The Balaban J connectivity index is 2.41. The Hall–Kier alpha value is -2.63. The van der Waals surface area contributed by atoms with Crippen LogP contribution in [-0.4, -0.2) is 26.8 Å². The van der Waals surface area contributed by atoms with Crippen LogP contribution in [0.1, 0.15) is 32.0 Å². The fourth-order valence-electron chi connectivity index (χ4n) is 2.08. The number of nitrogens with one attached hydrogen (secondary N) is 1. The maximum absolute atomic E-state index is 12.1. The zero-order valence-corrected chi connectivity index (χ0v) is 11.5. The topological polar surface area (TPSA) is 84.2 Å². The standard InChI is InChI=1S/C14H15N3O3/c1-8-6-9(2)12(10(7-8)14(19)20)16-13(18)11-4-5-15-17(11)3/h4-7H,1-3H3,(H,16,18)(H,19,20). The molecule has 0 spiro atoms. The predicted molar refractivity (Wildman–Crippen MR) is 74.0 cm³/mol. The van der Waals surface area contributed by atoms with Crippen molar-refractivity contribution in [2.45, 2.75) is 13.8 Å². The van der Waals surface area contributed by atoms with Gasteiger partial charge in [-0.3, -0.25) is 9.48 Å². The number of hydrogen-bond acceptors (Lipinski definition) is 3. The van der Waals surface area contributed by atoms with Gasteiger partial charge in [-0.1, -0.05) is 6.07 Å². The highest BCUT2D eigenvalue weighted by atomic mass is 16.4. The second-order valence-corrected chi connectivity index (χ2v) is 4.60. The third-order valence-electron chi connectivity index (χ3n) is 3.00. The Labute approximate surface area is 116 Å². The molecule has 104 valence electrons. The number of aromatic carboxylic acids is 1. The van der Waals surface area contributed by atoms with Gasteiger partial charge in [0.05, 0.1) is 11.3 Å². The molecule has 1 aromatic carbocycles. The molecule has 2 N–H and O–H groups in total. The molecule has 0 aliphatic carbocycles. The highest BCUT2D eigenvalue weighted by molar-refractivity contribution is 6.07. The maximum atomic E-state index is 12.1. The van der Waals surface area contributed by atoms with Crippen molar-refractivity contribution in [2.75, 3.05) is 5.32 Å². The Bertz CT molecular complexity index is 689. The van der Waals surface area contributed by atoms with Crippen molar-refractivity contribution in [3.63, 3.8) is 0 Å². The minimum atomic E-state index is -1.07. The number of carboxylic acid groups (broad SMARTS) is 1. The van der Waals surface area contributed by atoms with E-state index in [1.54, 1.807) is 20.0 Å². The van der Waals surface area contributed by atoms with Gasteiger partial charge < -0.3 is 10.4 Å². The van der Waals surface area contributed by atoms with Gasteiger partial charge in [0, 0.05) is 13.2 Å². The minimum Gasteiger partial charge on any atom is -0.478 e. The molecule has 0 aliphatic heterocycles. The molecule has 1 amide bonds. The average Bonchev–Trinajstić information content (AvgIpc) is 2.78. The highest BCUT2D eigenvalue weighted by Crippen LogP contribution is 2.23. The Kier molecular flexibility index (Phi) is 3.56. The van der Waals surface area contributed by atoms with Gasteiger partial charge in [0.25, 0.3) is 5.91 Å². The maximum Gasteiger partial charge on any atom is 0.337 e. The van der Waals surface area contributed by atoms with Crippen molar-refractivity contribution in [1.82, 2.24) is 9.78 Å². The summed E-state index contributed by atoms with van der Waals surface area (Å²) in [7, 11) is 1.65. The van der Waals surface area contributed by atoms with Crippen molar-refractivity contribution in [3.05, 3.63) is 46.8 Å². The van der Waals surface area contributed by atoms with Crippen molar-refractivity contribution >= 4 is 17.6 Å². The number of aromatic nitrogens is 2. The minimum absolute atomic E-state index is 0.0815. The summed E-state index contributed by atoms with van der Waals surface area (Å²) in [5.41, 5.74) is 2.30. The summed E-state index contributed by atoms with van der Waals surface area (Å²) in [5.74, 6) is -1.46. The van der Waals surface area contributed by atoms with Gasteiger partial charge in [-0.05, 0) is 37.1 Å². The first-order chi connectivity index (χ1) is 9.40. The molecule has 0 atom stereocenters. The number of amides is 1. The van der Waals surface area contributed by atoms with Crippen LogP contribution in [0.25, 0.3) is 0 Å². The van der Waals surface area contributed by atoms with Crippen LogP contribution in [0.2, 0.25) is 0 Å².